The Bertz CT molecular complexity index is 4000. The van der Waals surface area contributed by atoms with E-state index in [-0.39, 0.29) is 0 Å². The summed E-state index contributed by atoms with van der Waals surface area (Å²) in [5.41, 5.74) is 22.2. The molecule has 0 radical (unpaired) electrons. The summed E-state index contributed by atoms with van der Waals surface area (Å²) in [6, 6.07) is 78.7. The van der Waals surface area contributed by atoms with Crippen LogP contribution < -0.4 is 0 Å². The van der Waals surface area contributed by atoms with Gasteiger partial charge in [-0.3, -0.25) is 0 Å². The van der Waals surface area contributed by atoms with Crippen LogP contribution in [0.4, 0.5) is 0 Å². The Labute approximate surface area is 407 Å². The van der Waals surface area contributed by atoms with Gasteiger partial charge in [0.15, 0.2) is 0 Å². The summed E-state index contributed by atoms with van der Waals surface area (Å²) in [6.45, 7) is 8.50. The fourth-order valence-electron chi connectivity index (χ4n) is 10.6. The van der Waals surface area contributed by atoms with Crippen LogP contribution in [0, 0.1) is 50.4 Å². The van der Waals surface area contributed by atoms with Crippen molar-refractivity contribution in [2.24, 2.45) is 0 Å². The van der Waals surface area contributed by atoms with Crippen molar-refractivity contribution >= 4 is 43.6 Å². The molecule has 0 spiro atoms. The first-order valence-corrected chi connectivity index (χ1v) is 23.8. The second-order valence-electron chi connectivity index (χ2n) is 18.8. The highest BCUT2D eigenvalue weighted by molar-refractivity contribution is 6.13. The third-order valence-electron chi connectivity index (χ3n) is 14.0. The zero-order valence-corrected chi connectivity index (χ0v) is 39.4. The number of hydrogen-bond acceptors (Lipinski definition) is 2. The Kier molecular flexibility index (Phi) is 10.1. The van der Waals surface area contributed by atoms with E-state index in [1.807, 2.05) is 18.2 Å². The van der Waals surface area contributed by atoms with Gasteiger partial charge in [0.25, 0.3) is 0 Å². The molecule has 330 valence electrons. The number of nitrogens with zero attached hydrogens (tertiary/aromatic N) is 4. The van der Waals surface area contributed by atoms with E-state index in [9.17, 15) is 10.5 Å². The molecule has 0 fully saturated rings. The highest BCUT2D eigenvalue weighted by atomic mass is 15.0. The third kappa shape index (κ3) is 7.23. The maximum atomic E-state index is 11.6. The average molecular weight is 895 g/mol. The summed E-state index contributed by atoms with van der Waals surface area (Å²) in [6.07, 6.45) is 0. The van der Waals surface area contributed by atoms with Gasteiger partial charge < -0.3 is 9.13 Å². The Morgan fingerprint density at radius 1 is 0.300 bits per heavy atom. The van der Waals surface area contributed by atoms with Gasteiger partial charge in [-0.05, 0) is 126 Å². The minimum absolute atomic E-state index is 0.524. The number of rotatable bonds is 7. The molecule has 0 N–H and O–H groups in total. The molecule has 2 aromatic heterocycles. The van der Waals surface area contributed by atoms with Gasteiger partial charge in [-0.1, -0.05) is 180 Å². The molecule has 70 heavy (non-hydrogen) atoms. The Balaban J connectivity index is 1.21. The fraction of sp³-hybridized carbons (Fsp3) is 0.0606. The first-order chi connectivity index (χ1) is 34.2. The molecule has 0 atom stereocenters. The van der Waals surface area contributed by atoms with Gasteiger partial charge in [0.1, 0.15) is 6.07 Å². The Morgan fingerprint density at radius 3 is 1.00 bits per heavy atom. The molecule has 2 heterocycles. The monoisotopic (exact) mass is 894 g/mol. The van der Waals surface area contributed by atoms with Crippen molar-refractivity contribution in [3.8, 4) is 79.1 Å². The number of fused-ring (bicyclic) bond motifs is 6. The summed E-state index contributed by atoms with van der Waals surface area (Å²) in [4.78, 5) is 0. The maximum absolute atomic E-state index is 11.6. The topological polar surface area (TPSA) is 57.4 Å². The van der Waals surface area contributed by atoms with Gasteiger partial charge in [0, 0.05) is 27.1 Å². The molecule has 12 rings (SSSR count). The molecule has 4 nitrogen and oxygen atoms in total. The number of aromatic nitrogens is 2. The second-order valence-corrected chi connectivity index (χ2v) is 18.8. The lowest BCUT2D eigenvalue weighted by molar-refractivity contribution is 1.14. The highest BCUT2D eigenvalue weighted by Gasteiger charge is 2.24. The van der Waals surface area contributed by atoms with Crippen molar-refractivity contribution in [3.05, 3.63) is 240 Å². The summed E-state index contributed by atoms with van der Waals surface area (Å²) >= 11 is 0. The lowest BCUT2D eigenvalue weighted by Crippen LogP contribution is -2.04. The molecule has 12 aromatic rings. The van der Waals surface area contributed by atoms with Gasteiger partial charge in [-0.25, -0.2) is 0 Å². The first-order valence-electron chi connectivity index (χ1n) is 23.8. The minimum Gasteiger partial charge on any atom is -0.309 e. The molecule has 0 aliphatic rings. The normalized spacial score (nSPS) is 11.4. The molecule has 0 saturated carbocycles. The summed E-state index contributed by atoms with van der Waals surface area (Å²) in [7, 11) is 0. The van der Waals surface area contributed by atoms with E-state index in [1.54, 1.807) is 0 Å². The van der Waals surface area contributed by atoms with Crippen LogP contribution in [0.5, 0.6) is 0 Å². The van der Waals surface area contributed by atoms with Gasteiger partial charge in [-0.2, -0.15) is 10.5 Å². The van der Waals surface area contributed by atoms with Crippen LogP contribution in [0.15, 0.2) is 206 Å². The SMILES string of the molecule is Cc1cccc(-c2ccc3c4ccc(-c5cccc(C)c5)cc4n(-c4cc(-c5cccc(C#N)c5)c(-n5c6cc(-c7cccc(C)c7)ccc6c6ccc(-c7cccc(C)c7)cc65)cc4C#N)c3c2)c1. The second kappa shape index (κ2) is 16.8. The van der Waals surface area contributed by atoms with Crippen molar-refractivity contribution < 1.29 is 0 Å². The van der Waals surface area contributed by atoms with Crippen LogP contribution in [0.2, 0.25) is 0 Å². The molecule has 0 amide bonds. The summed E-state index contributed by atoms with van der Waals surface area (Å²) in [5.74, 6) is 0. The van der Waals surface area contributed by atoms with Gasteiger partial charge >= 0.3 is 0 Å². The van der Waals surface area contributed by atoms with Gasteiger partial charge in [-0.15, -0.1) is 0 Å². The smallest absolute Gasteiger partial charge is 0.101 e. The van der Waals surface area contributed by atoms with Gasteiger partial charge in [0.05, 0.1) is 50.6 Å². The molecule has 0 saturated heterocycles. The molecule has 0 unspecified atom stereocenters. The van der Waals surface area contributed by atoms with E-state index in [2.05, 4.69) is 237 Å². The van der Waals surface area contributed by atoms with E-state index >= 15 is 0 Å². The van der Waals surface area contributed by atoms with Crippen molar-refractivity contribution in [3.63, 3.8) is 0 Å². The zero-order valence-electron chi connectivity index (χ0n) is 39.4. The highest BCUT2D eigenvalue weighted by Crippen LogP contribution is 2.44. The fourth-order valence-corrected chi connectivity index (χ4v) is 10.6. The molecular formula is C66H46N4. The predicted molar refractivity (Wildman–Crippen MR) is 291 cm³/mol. The average Bonchev–Trinajstić information content (AvgIpc) is 3.89. The van der Waals surface area contributed by atoms with E-state index in [1.165, 1.54) is 22.3 Å². The Hall–Kier alpha value is -9.22. The van der Waals surface area contributed by atoms with Gasteiger partial charge in [0.2, 0.25) is 0 Å². The summed E-state index contributed by atoms with van der Waals surface area (Å²) in [5, 5.41) is 26.4. The molecule has 0 aliphatic carbocycles. The van der Waals surface area contributed by atoms with Crippen LogP contribution in [-0.4, -0.2) is 9.13 Å². The molecule has 0 bridgehead atoms. The number of benzene rings is 10. The molecule has 0 aliphatic heterocycles. The standard InChI is InChI=1S/C66H46N4/c1-41-10-5-15-46(28-41)50-20-24-56-57-25-21-51(47-16-6-11-42(2)29-47)34-63(57)69(62(56)33-50)61-38-60(54-19-9-14-45(32-54)39-67)66(37-55(61)40-68)70-64-35-52(48-17-7-12-43(3)30-48)22-26-58(64)59-27-23-53(36-65(59)70)49-18-8-13-44(4)31-49/h5-38H,1-4H3. The number of hydrogen-bond donors (Lipinski definition) is 0. The third-order valence-corrected chi connectivity index (χ3v) is 14.0. The maximum Gasteiger partial charge on any atom is 0.101 e. The lowest BCUT2D eigenvalue weighted by Gasteiger charge is -2.19. The van der Waals surface area contributed by atoms with Crippen LogP contribution in [0.3, 0.4) is 0 Å². The largest absolute Gasteiger partial charge is 0.309 e. The van der Waals surface area contributed by atoms with Crippen LogP contribution in [0.1, 0.15) is 33.4 Å². The van der Waals surface area contributed by atoms with Crippen molar-refractivity contribution in [1.29, 1.82) is 10.5 Å². The number of nitriles is 2. The van der Waals surface area contributed by atoms with Crippen LogP contribution in [-0.2, 0) is 0 Å². The predicted octanol–water partition coefficient (Wildman–Crippen LogP) is 17.2. The van der Waals surface area contributed by atoms with E-state index in [0.717, 1.165) is 111 Å². The van der Waals surface area contributed by atoms with Crippen molar-refractivity contribution in [2.75, 3.05) is 0 Å². The zero-order chi connectivity index (χ0) is 47.6. The van der Waals surface area contributed by atoms with E-state index in [4.69, 9.17) is 0 Å². The van der Waals surface area contributed by atoms with E-state index < -0.39 is 0 Å². The molecular weight excluding hydrogens is 849 g/mol. The number of aryl methyl sites for hydroxylation is 4. The summed E-state index contributed by atoms with van der Waals surface area (Å²) < 4.78 is 4.64. The van der Waals surface area contributed by atoms with Crippen molar-refractivity contribution in [2.45, 2.75) is 27.7 Å². The van der Waals surface area contributed by atoms with Crippen LogP contribution >= 0.6 is 0 Å². The van der Waals surface area contributed by atoms with Crippen molar-refractivity contribution in [1.82, 2.24) is 9.13 Å². The first kappa shape index (κ1) is 42.2. The molecule has 10 aromatic carbocycles. The van der Waals surface area contributed by atoms with E-state index in [0.29, 0.717) is 11.1 Å². The lowest BCUT2D eigenvalue weighted by atomic mass is 9.97. The Morgan fingerprint density at radius 2 is 0.643 bits per heavy atom. The quantitative estimate of drug-likeness (QED) is 0.160. The molecule has 4 heteroatoms. The van der Waals surface area contributed by atoms with Crippen LogP contribution in [0.25, 0.3) is 111 Å². The minimum atomic E-state index is 0.524.